The smallest absolute Gasteiger partial charge is 0.182 e. The zero-order valence-electron chi connectivity index (χ0n) is 20.9. The molecule has 0 radical (unpaired) electrons. The van der Waals surface area contributed by atoms with E-state index in [-0.39, 0.29) is 0 Å². The lowest BCUT2D eigenvalue weighted by molar-refractivity contribution is 1.35. The van der Waals surface area contributed by atoms with E-state index in [1.54, 1.807) is 0 Å². The third kappa shape index (κ3) is 2.86. The summed E-state index contributed by atoms with van der Waals surface area (Å²) in [5.74, 6) is 0. The van der Waals surface area contributed by atoms with Crippen molar-refractivity contribution in [3.05, 3.63) is 128 Å². The van der Waals surface area contributed by atoms with Gasteiger partial charge in [-0.3, -0.25) is 4.98 Å². The Labute approximate surface area is 234 Å². The van der Waals surface area contributed by atoms with Gasteiger partial charge in [0.05, 0.1) is 5.69 Å². The van der Waals surface area contributed by atoms with Crippen molar-refractivity contribution in [1.82, 2.24) is 4.98 Å². The van der Waals surface area contributed by atoms with Crippen LogP contribution in [0.15, 0.2) is 128 Å². The third-order valence-corrected chi connectivity index (χ3v) is 15.5. The highest BCUT2D eigenvalue weighted by atomic mass is 32.1. The normalized spacial score (nSPS) is 13.8. The van der Waals surface area contributed by atoms with Crippen LogP contribution in [0.4, 0.5) is 0 Å². The zero-order chi connectivity index (χ0) is 25.6. The van der Waals surface area contributed by atoms with Crippen LogP contribution in [0, 0.1) is 0 Å². The molecule has 1 nitrogen and oxygen atoms in total. The Balaban J connectivity index is 1.45. The molecule has 0 unspecified atom stereocenters. The summed E-state index contributed by atoms with van der Waals surface area (Å²) in [4.78, 5) is 4.99. The van der Waals surface area contributed by atoms with E-state index in [9.17, 15) is 0 Å². The van der Waals surface area contributed by atoms with Gasteiger partial charge in [-0.1, -0.05) is 91.0 Å². The van der Waals surface area contributed by atoms with Crippen molar-refractivity contribution in [2.75, 3.05) is 0 Å². The lowest BCUT2D eigenvalue weighted by atomic mass is 10.1. The number of benzene rings is 5. The first kappa shape index (κ1) is 21.8. The van der Waals surface area contributed by atoms with Crippen molar-refractivity contribution in [3.8, 4) is 11.3 Å². The first-order chi connectivity index (χ1) is 19.3. The average Bonchev–Trinajstić information content (AvgIpc) is 3.65. The molecule has 0 N–H and O–H groups in total. The fourth-order valence-corrected chi connectivity index (χ4v) is 14.1. The summed E-state index contributed by atoms with van der Waals surface area (Å²) >= 11 is 3.78. The largest absolute Gasteiger partial charge is 0.256 e. The van der Waals surface area contributed by atoms with Crippen LogP contribution < -0.4 is 20.7 Å². The molecular weight excluding hydrogens is 527 g/mol. The molecule has 39 heavy (non-hydrogen) atoms. The Morgan fingerprint density at radius 1 is 0.462 bits per heavy atom. The van der Waals surface area contributed by atoms with Crippen molar-refractivity contribution < 1.29 is 0 Å². The highest BCUT2D eigenvalue weighted by molar-refractivity contribution is 7.27. The van der Waals surface area contributed by atoms with Crippen LogP contribution in [-0.2, 0) is 0 Å². The second kappa shape index (κ2) is 7.96. The molecule has 4 heteroatoms. The van der Waals surface area contributed by atoms with Crippen LogP contribution in [0.2, 0.25) is 0 Å². The first-order valence-electron chi connectivity index (χ1n) is 13.2. The van der Waals surface area contributed by atoms with E-state index >= 15 is 0 Å². The molecule has 9 rings (SSSR count). The van der Waals surface area contributed by atoms with E-state index in [4.69, 9.17) is 4.98 Å². The first-order valence-corrected chi connectivity index (χ1v) is 16.8. The van der Waals surface area contributed by atoms with Crippen LogP contribution in [0.25, 0.3) is 51.6 Å². The minimum absolute atomic E-state index is 1.14. The van der Waals surface area contributed by atoms with Gasteiger partial charge in [-0.2, -0.15) is 0 Å². The molecule has 0 amide bonds. The fraction of sp³-hybridized carbons (Fsp3) is 0. The number of aromatic nitrogens is 1. The molecule has 4 heterocycles. The van der Waals surface area contributed by atoms with Crippen LogP contribution >= 0.6 is 22.7 Å². The Bertz CT molecular complexity index is 2100. The summed E-state index contributed by atoms with van der Waals surface area (Å²) < 4.78 is 5.39. The number of fused-ring (bicyclic) bond motifs is 9. The van der Waals surface area contributed by atoms with E-state index in [1.165, 1.54) is 66.7 Å². The zero-order valence-corrected chi connectivity index (χ0v) is 23.5. The molecule has 3 aromatic heterocycles. The van der Waals surface area contributed by atoms with E-state index in [1.807, 2.05) is 28.9 Å². The SMILES string of the molecule is c1ccc2c(c1)-c1ncccc1[Si]2(c1ccc2sc3ccccc3c2c1)c1ccc2sc3ccccc3c2c1. The molecule has 182 valence electrons. The van der Waals surface area contributed by atoms with Crippen LogP contribution in [0.5, 0.6) is 0 Å². The molecule has 0 atom stereocenters. The average molecular weight is 548 g/mol. The van der Waals surface area contributed by atoms with Gasteiger partial charge >= 0.3 is 0 Å². The van der Waals surface area contributed by atoms with Crippen molar-refractivity contribution in [1.29, 1.82) is 0 Å². The van der Waals surface area contributed by atoms with Crippen LogP contribution in [0.3, 0.4) is 0 Å². The molecule has 0 spiro atoms. The number of hydrogen-bond donors (Lipinski definition) is 0. The summed E-state index contributed by atoms with van der Waals surface area (Å²) in [5, 5.41) is 11.1. The maximum Gasteiger partial charge on any atom is 0.182 e. The minimum Gasteiger partial charge on any atom is -0.256 e. The topological polar surface area (TPSA) is 12.9 Å². The molecule has 0 aliphatic carbocycles. The number of pyridine rings is 1. The number of hydrogen-bond acceptors (Lipinski definition) is 3. The predicted octanol–water partition coefficient (Wildman–Crippen LogP) is 7.18. The number of nitrogens with zero attached hydrogens (tertiary/aromatic N) is 1. The highest BCUT2D eigenvalue weighted by Gasteiger charge is 2.49. The molecule has 0 saturated heterocycles. The quantitative estimate of drug-likeness (QED) is 0.209. The molecule has 1 aliphatic rings. The minimum atomic E-state index is -2.63. The lowest BCUT2D eigenvalue weighted by Gasteiger charge is -2.31. The Kier molecular flexibility index (Phi) is 4.45. The molecule has 8 aromatic rings. The van der Waals surface area contributed by atoms with Gasteiger partial charge in [0.1, 0.15) is 0 Å². The maximum absolute atomic E-state index is 4.99. The second-order valence-electron chi connectivity index (χ2n) is 10.3. The summed E-state index contributed by atoms with van der Waals surface area (Å²) in [5.41, 5.74) is 2.43. The predicted molar refractivity (Wildman–Crippen MR) is 173 cm³/mol. The molecule has 1 aliphatic heterocycles. The van der Waals surface area contributed by atoms with E-state index < -0.39 is 8.07 Å². The summed E-state index contributed by atoms with van der Waals surface area (Å²) in [6, 6.07) is 45.7. The molecule has 0 saturated carbocycles. The Hall–Kier alpha value is -4.09. The number of thiophene rings is 2. The molecule has 5 aromatic carbocycles. The van der Waals surface area contributed by atoms with Gasteiger partial charge < -0.3 is 0 Å². The molecule has 0 bridgehead atoms. The standard InChI is InChI=1S/C35H21NS2Si/c1-4-11-29-24(8-1)27-20-22(15-17-31(27)37-29)39(33-13-6-3-10-26(33)35-34(39)14-7-19-36-35)23-16-18-32-28(21-23)25-9-2-5-12-30(25)38-32/h1-21H. The summed E-state index contributed by atoms with van der Waals surface area (Å²) in [6.45, 7) is 0. The maximum atomic E-state index is 4.99. The van der Waals surface area contributed by atoms with Gasteiger partial charge in [-0.25, -0.2) is 0 Å². The van der Waals surface area contributed by atoms with Crippen molar-refractivity contribution >= 4 is 91.8 Å². The summed E-state index contributed by atoms with van der Waals surface area (Å²) in [7, 11) is -2.63. The van der Waals surface area contributed by atoms with Gasteiger partial charge in [0.15, 0.2) is 8.07 Å². The highest BCUT2D eigenvalue weighted by Crippen LogP contribution is 2.36. The Morgan fingerprint density at radius 2 is 1.00 bits per heavy atom. The van der Waals surface area contributed by atoms with Crippen LogP contribution in [0.1, 0.15) is 0 Å². The van der Waals surface area contributed by atoms with Gasteiger partial charge in [0.2, 0.25) is 0 Å². The Morgan fingerprint density at radius 3 is 1.67 bits per heavy atom. The second-order valence-corrected chi connectivity index (χ2v) is 16.2. The molecule has 0 fully saturated rings. The molecular formula is C35H21NS2Si. The van der Waals surface area contributed by atoms with Crippen molar-refractivity contribution in [2.24, 2.45) is 0 Å². The van der Waals surface area contributed by atoms with Crippen molar-refractivity contribution in [3.63, 3.8) is 0 Å². The third-order valence-electron chi connectivity index (χ3n) is 8.42. The van der Waals surface area contributed by atoms with E-state index in [0.29, 0.717) is 0 Å². The van der Waals surface area contributed by atoms with Crippen molar-refractivity contribution in [2.45, 2.75) is 0 Å². The summed E-state index contributed by atoms with van der Waals surface area (Å²) in [6.07, 6.45) is 1.95. The van der Waals surface area contributed by atoms with Gasteiger partial charge in [0, 0.05) is 52.1 Å². The fourth-order valence-electron chi connectivity index (χ4n) is 6.79. The van der Waals surface area contributed by atoms with E-state index in [0.717, 1.165) is 5.69 Å². The van der Waals surface area contributed by atoms with E-state index in [2.05, 4.69) is 121 Å². The monoisotopic (exact) mass is 547 g/mol. The number of rotatable bonds is 2. The van der Waals surface area contributed by atoms with Gasteiger partial charge in [0.25, 0.3) is 0 Å². The van der Waals surface area contributed by atoms with Gasteiger partial charge in [-0.15, -0.1) is 22.7 Å². The van der Waals surface area contributed by atoms with Gasteiger partial charge in [-0.05, 0) is 51.1 Å². The lowest BCUT2D eigenvalue weighted by Crippen LogP contribution is -2.72. The van der Waals surface area contributed by atoms with Crippen LogP contribution in [-0.4, -0.2) is 13.1 Å².